The Bertz CT molecular complexity index is 1730. The number of nitrogens with zero attached hydrogens (tertiary/aromatic N) is 4. The third-order valence-corrected chi connectivity index (χ3v) is 9.42. The molecule has 0 unspecified atom stereocenters. The molecule has 3 heterocycles. The molecule has 0 aliphatic carbocycles. The molecule has 4 N–H and O–H groups in total. The minimum absolute atomic E-state index is 0.200. The lowest BCUT2D eigenvalue weighted by Crippen LogP contribution is -2.50. The minimum atomic E-state index is -1.34. The average Bonchev–Trinajstić information content (AvgIpc) is 3.38. The summed E-state index contributed by atoms with van der Waals surface area (Å²) in [6.07, 6.45) is -0.408. The number of ether oxygens (including phenoxy) is 2. The van der Waals surface area contributed by atoms with Gasteiger partial charge in [-0.1, -0.05) is 156 Å². The van der Waals surface area contributed by atoms with Crippen molar-refractivity contribution < 1.29 is 29.1 Å². The van der Waals surface area contributed by atoms with Gasteiger partial charge in [-0.15, -0.1) is 0 Å². The summed E-state index contributed by atoms with van der Waals surface area (Å²) in [5, 5.41) is 23.7. The number of carbonyl (C=O) groups is 2. The molecule has 68 heavy (non-hydrogen) atoms. The maximum atomic E-state index is 11.9. The van der Waals surface area contributed by atoms with Crippen LogP contribution in [-0.2, 0) is 9.47 Å². The zero-order valence-corrected chi connectivity index (χ0v) is 45.9. The molecule has 2 amide bonds. The van der Waals surface area contributed by atoms with E-state index in [-0.39, 0.29) is 17.8 Å². The molecule has 0 saturated carbocycles. The van der Waals surface area contributed by atoms with Gasteiger partial charge in [0, 0.05) is 94.4 Å². The van der Waals surface area contributed by atoms with Crippen molar-refractivity contribution in [1.29, 1.82) is 0 Å². The van der Waals surface area contributed by atoms with Crippen molar-refractivity contribution in [2.45, 2.75) is 108 Å². The van der Waals surface area contributed by atoms with E-state index in [2.05, 4.69) is 78.8 Å². The van der Waals surface area contributed by atoms with E-state index >= 15 is 0 Å². The van der Waals surface area contributed by atoms with E-state index < -0.39 is 12.7 Å². The first kappa shape index (κ1) is 65.5. The predicted molar refractivity (Wildman–Crippen MR) is 294 cm³/mol. The molecule has 382 valence electrons. The van der Waals surface area contributed by atoms with Crippen LogP contribution in [-0.4, -0.2) is 129 Å². The highest BCUT2D eigenvalue weighted by molar-refractivity contribution is 9.10. The molecule has 0 radical (unpaired) electrons. The highest BCUT2D eigenvalue weighted by atomic mass is 79.9. The average molecular weight is 1010 g/mol. The van der Waals surface area contributed by atoms with Crippen LogP contribution in [0, 0.1) is 0 Å². The van der Waals surface area contributed by atoms with Crippen LogP contribution in [0.2, 0.25) is 0 Å². The van der Waals surface area contributed by atoms with Gasteiger partial charge in [-0.05, 0) is 83.4 Å². The van der Waals surface area contributed by atoms with Crippen LogP contribution in [0.5, 0.6) is 0 Å². The number of hydrogen-bond donors (Lipinski definition) is 4. The summed E-state index contributed by atoms with van der Waals surface area (Å²) in [7, 11) is -1.34. The second kappa shape index (κ2) is 40.3. The second-order valence-electron chi connectivity index (χ2n) is 16.2. The SMILES string of the molecule is Brc1ccccc1.CC.CC.CC.CC.CC(C)(C)OC(=O)N1CCN(c2ccccc2)CC1.CC(C)(C)OC(=O)N1CCNCC1.OB(O)c1ccccc1.c1ccc(N2CCNCC2)cc1. The van der Waals surface area contributed by atoms with E-state index in [9.17, 15) is 9.59 Å². The molecule has 3 saturated heterocycles. The van der Waals surface area contributed by atoms with Crippen molar-refractivity contribution in [2.24, 2.45) is 0 Å². The minimum Gasteiger partial charge on any atom is -0.444 e. The number of halogens is 1. The smallest absolute Gasteiger partial charge is 0.444 e. The van der Waals surface area contributed by atoms with Gasteiger partial charge in [-0.25, -0.2) is 9.59 Å². The summed E-state index contributed by atoms with van der Waals surface area (Å²) in [4.78, 5) is 31.7. The lowest BCUT2D eigenvalue weighted by molar-refractivity contribution is 0.0223. The molecule has 14 heteroatoms. The number of amides is 2. The Balaban J connectivity index is 0. The molecular formula is C54H90BBrN6O6. The lowest BCUT2D eigenvalue weighted by Gasteiger charge is -2.36. The number of nitrogens with one attached hydrogen (secondary N) is 2. The summed E-state index contributed by atoms with van der Waals surface area (Å²) in [6, 6.07) is 39.5. The first-order chi connectivity index (χ1) is 32.6. The largest absolute Gasteiger partial charge is 0.488 e. The van der Waals surface area contributed by atoms with Gasteiger partial charge in [-0.3, -0.25) is 0 Å². The highest BCUT2D eigenvalue weighted by Gasteiger charge is 2.26. The fourth-order valence-corrected chi connectivity index (χ4v) is 6.19. The molecule has 4 aromatic carbocycles. The van der Waals surface area contributed by atoms with E-state index in [1.54, 1.807) is 34.1 Å². The number of carbonyl (C=O) groups excluding carboxylic acids is 2. The normalized spacial score (nSPS) is 13.7. The van der Waals surface area contributed by atoms with Gasteiger partial charge in [-0.2, -0.15) is 0 Å². The van der Waals surface area contributed by atoms with Crippen molar-refractivity contribution in [3.05, 3.63) is 126 Å². The van der Waals surface area contributed by atoms with Gasteiger partial charge in [0.05, 0.1) is 0 Å². The summed E-state index contributed by atoms with van der Waals surface area (Å²) >= 11 is 3.31. The maximum absolute atomic E-state index is 11.9. The Hall–Kier alpha value is -4.60. The quantitative estimate of drug-likeness (QED) is 0.147. The summed E-state index contributed by atoms with van der Waals surface area (Å²) < 4.78 is 11.8. The molecule has 4 aromatic rings. The van der Waals surface area contributed by atoms with Crippen molar-refractivity contribution in [2.75, 3.05) is 88.3 Å². The van der Waals surface area contributed by atoms with Crippen LogP contribution >= 0.6 is 15.9 Å². The highest BCUT2D eigenvalue weighted by Crippen LogP contribution is 2.18. The Morgan fingerprint density at radius 1 is 0.471 bits per heavy atom. The van der Waals surface area contributed by atoms with Crippen molar-refractivity contribution >= 4 is 52.1 Å². The fourth-order valence-electron chi connectivity index (χ4n) is 5.89. The van der Waals surface area contributed by atoms with Crippen LogP contribution in [0.3, 0.4) is 0 Å². The molecule has 0 spiro atoms. The second-order valence-corrected chi connectivity index (χ2v) is 17.1. The lowest BCUT2D eigenvalue weighted by atomic mass is 9.81. The summed E-state index contributed by atoms with van der Waals surface area (Å²) in [5.74, 6) is 0. The van der Waals surface area contributed by atoms with Crippen LogP contribution in [0.1, 0.15) is 96.9 Å². The molecule has 7 rings (SSSR count). The number of rotatable bonds is 3. The van der Waals surface area contributed by atoms with Gasteiger partial charge in [0.2, 0.25) is 0 Å². The van der Waals surface area contributed by atoms with Gasteiger partial charge in [0.25, 0.3) is 0 Å². The number of benzene rings is 4. The number of anilines is 2. The van der Waals surface area contributed by atoms with Crippen molar-refractivity contribution in [1.82, 2.24) is 20.4 Å². The van der Waals surface area contributed by atoms with Crippen LogP contribution in [0.25, 0.3) is 0 Å². The Morgan fingerprint density at radius 3 is 1.06 bits per heavy atom. The number of para-hydroxylation sites is 2. The van der Waals surface area contributed by atoms with Crippen molar-refractivity contribution in [3.63, 3.8) is 0 Å². The predicted octanol–water partition coefficient (Wildman–Crippen LogP) is 10.6. The Morgan fingerprint density at radius 2 is 0.765 bits per heavy atom. The fraction of sp³-hybridized carbons (Fsp3) is 0.519. The first-order valence-corrected chi connectivity index (χ1v) is 25.5. The molecule has 12 nitrogen and oxygen atoms in total. The molecule has 3 aliphatic rings. The summed E-state index contributed by atoms with van der Waals surface area (Å²) in [5.41, 5.74) is 2.28. The van der Waals surface area contributed by atoms with Gasteiger partial charge in [0.15, 0.2) is 0 Å². The van der Waals surface area contributed by atoms with E-state index in [0.29, 0.717) is 18.6 Å². The number of hydrogen-bond acceptors (Lipinski definition) is 10. The monoisotopic (exact) mass is 1010 g/mol. The van der Waals surface area contributed by atoms with Gasteiger partial charge >= 0.3 is 19.3 Å². The van der Waals surface area contributed by atoms with Crippen LogP contribution in [0.4, 0.5) is 21.0 Å². The van der Waals surface area contributed by atoms with Crippen molar-refractivity contribution in [3.8, 4) is 0 Å². The molecule has 0 bridgehead atoms. The third-order valence-electron chi connectivity index (χ3n) is 8.89. The third kappa shape index (κ3) is 32.2. The first-order valence-electron chi connectivity index (χ1n) is 24.7. The number of piperazine rings is 3. The van der Waals surface area contributed by atoms with E-state index in [1.807, 2.05) is 152 Å². The zero-order valence-electron chi connectivity index (χ0n) is 44.3. The Kier molecular flexibility index (Phi) is 38.8. The van der Waals surface area contributed by atoms with E-state index in [1.165, 1.54) is 11.4 Å². The molecule has 3 fully saturated rings. The molecule has 3 aliphatic heterocycles. The summed E-state index contributed by atoms with van der Waals surface area (Å²) in [6.45, 7) is 38.1. The Labute approximate surface area is 422 Å². The van der Waals surface area contributed by atoms with Gasteiger partial charge in [0.1, 0.15) is 11.2 Å². The molecular weight excluding hydrogens is 919 g/mol. The molecule has 0 atom stereocenters. The topological polar surface area (TPSA) is 130 Å². The molecule has 0 aromatic heterocycles. The van der Waals surface area contributed by atoms with E-state index in [4.69, 9.17) is 19.5 Å². The van der Waals surface area contributed by atoms with Gasteiger partial charge < -0.3 is 49.8 Å². The van der Waals surface area contributed by atoms with E-state index in [0.717, 1.165) is 69.9 Å². The standard InChI is InChI=1S/C15H22N2O2.C10H14N2.C9H18N2O2.C6H7BO2.C6H5Br.4C2H6/c1-15(2,3)19-14(18)17-11-9-16(10-12-17)13-7-5-4-6-8-13;1-2-4-10(5-3-1)12-8-6-11-7-9-12;1-9(2,3)13-8(12)11-6-4-10-5-7-11;8-7(9)6-4-2-1-3-5-6;7-6-4-2-1-3-5-6;4*1-2/h4-8H,9-12H2,1-3H3;1-5,11H,6-9H2;10H,4-7H2,1-3H3;1-5,8-9H;1-5H;4*1-2H3. The maximum Gasteiger partial charge on any atom is 0.488 e. The van der Waals surface area contributed by atoms with Crippen LogP contribution < -0.4 is 25.9 Å². The zero-order chi connectivity index (χ0) is 51.8. The van der Waals surface area contributed by atoms with Crippen LogP contribution in [0.15, 0.2) is 126 Å².